The van der Waals surface area contributed by atoms with E-state index < -0.39 is 11.9 Å². The first-order chi connectivity index (χ1) is 6.56. The minimum absolute atomic E-state index is 0.0946. The number of amides is 1. The molecule has 4 heteroatoms. The predicted octanol–water partition coefficient (Wildman–Crippen LogP) is 0.835. The highest BCUT2D eigenvalue weighted by atomic mass is 16.5. The number of allylic oxidation sites excluding steroid dienone is 2. The van der Waals surface area contributed by atoms with Gasteiger partial charge in [0.25, 0.3) is 0 Å². The number of rotatable bonds is 2. The van der Waals surface area contributed by atoms with Crippen molar-refractivity contribution in [1.29, 1.82) is 0 Å². The van der Waals surface area contributed by atoms with Crippen LogP contribution >= 0.6 is 0 Å². The van der Waals surface area contributed by atoms with Crippen molar-refractivity contribution in [2.75, 3.05) is 6.61 Å². The summed E-state index contributed by atoms with van der Waals surface area (Å²) in [6.07, 6.45) is 1.86. The average molecular weight is 197 g/mol. The molecule has 0 aliphatic carbocycles. The molecule has 1 aliphatic rings. The van der Waals surface area contributed by atoms with Crippen LogP contribution in [0, 0.1) is 11.8 Å². The molecule has 0 aromatic heterocycles. The molecule has 2 unspecified atom stereocenters. The first-order valence-corrected chi connectivity index (χ1v) is 4.72. The van der Waals surface area contributed by atoms with Gasteiger partial charge in [-0.1, -0.05) is 13.0 Å². The lowest BCUT2D eigenvalue weighted by Gasteiger charge is -2.24. The summed E-state index contributed by atoms with van der Waals surface area (Å²) >= 11 is 0. The molecule has 1 aliphatic heterocycles. The highest BCUT2D eigenvalue weighted by molar-refractivity contribution is 5.99. The Kier molecular flexibility index (Phi) is 3.28. The first-order valence-electron chi connectivity index (χ1n) is 4.72. The van der Waals surface area contributed by atoms with Crippen LogP contribution in [0.2, 0.25) is 0 Å². The average Bonchev–Trinajstić information content (AvgIpc) is 2.01. The van der Waals surface area contributed by atoms with Crippen molar-refractivity contribution in [1.82, 2.24) is 5.32 Å². The van der Waals surface area contributed by atoms with Gasteiger partial charge < -0.3 is 10.1 Å². The molecule has 0 fully saturated rings. The molecule has 1 rings (SSSR count). The van der Waals surface area contributed by atoms with E-state index in [-0.39, 0.29) is 11.8 Å². The zero-order chi connectivity index (χ0) is 10.7. The minimum atomic E-state index is -0.696. The maximum atomic E-state index is 11.5. The fourth-order valence-corrected chi connectivity index (χ4v) is 1.60. The molecule has 4 nitrogen and oxygen atoms in total. The van der Waals surface area contributed by atoms with E-state index in [9.17, 15) is 9.59 Å². The number of esters is 1. The van der Waals surface area contributed by atoms with Gasteiger partial charge in [-0.05, 0) is 19.8 Å². The normalized spacial score (nSPS) is 26.5. The molecule has 1 amide bonds. The van der Waals surface area contributed by atoms with Crippen LogP contribution in [0.4, 0.5) is 0 Å². The summed E-state index contributed by atoms with van der Waals surface area (Å²) in [6, 6.07) is 0. The zero-order valence-corrected chi connectivity index (χ0v) is 8.66. The van der Waals surface area contributed by atoms with E-state index in [1.807, 2.05) is 13.0 Å². The summed E-state index contributed by atoms with van der Waals surface area (Å²) in [6.45, 7) is 5.67. The van der Waals surface area contributed by atoms with Crippen LogP contribution in [-0.2, 0) is 14.3 Å². The van der Waals surface area contributed by atoms with Crippen molar-refractivity contribution in [3.63, 3.8) is 0 Å². The fourth-order valence-electron chi connectivity index (χ4n) is 1.60. The van der Waals surface area contributed by atoms with Gasteiger partial charge in [0.1, 0.15) is 5.92 Å². The van der Waals surface area contributed by atoms with Crippen molar-refractivity contribution in [2.45, 2.75) is 20.8 Å². The number of nitrogens with one attached hydrogen (secondary N) is 1. The van der Waals surface area contributed by atoms with Gasteiger partial charge in [-0.2, -0.15) is 0 Å². The predicted molar refractivity (Wildman–Crippen MR) is 51.2 cm³/mol. The van der Waals surface area contributed by atoms with Crippen LogP contribution in [0.3, 0.4) is 0 Å². The van der Waals surface area contributed by atoms with E-state index in [0.717, 1.165) is 5.70 Å². The molecule has 1 heterocycles. The van der Waals surface area contributed by atoms with E-state index in [4.69, 9.17) is 4.74 Å². The molecule has 0 saturated carbocycles. The highest BCUT2D eigenvalue weighted by Crippen LogP contribution is 2.20. The summed E-state index contributed by atoms with van der Waals surface area (Å²) in [7, 11) is 0. The van der Waals surface area contributed by atoms with Crippen molar-refractivity contribution < 1.29 is 14.3 Å². The van der Waals surface area contributed by atoms with E-state index in [2.05, 4.69) is 5.32 Å². The van der Waals surface area contributed by atoms with Crippen molar-refractivity contribution in [3.05, 3.63) is 11.8 Å². The third-order valence-corrected chi connectivity index (χ3v) is 2.18. The van der Waals surface area contributed by atoms with Gasteiger partial charge in [0.05, 0.1) is 6.61 Å². The smallest absolute Gasteiger partial charge is 0.319 e. The quantitative estimate of drug-likeness (QED) is 0.527. The monoisotopic (exact) mass is 197 g/mol. The van der Waals surface area contributed by atoms with E-state index in [1.165, 1.54) is 0 Å². The lowest BCUT2D eigenvalue weighted by atomic mass is 9.89. The molecule has 0 spiro atoms. The number of ether oxygens (including phenoxy) is 1. The van der Waals surface area contributed by atoms with Crippen LogP contribution < -0.4 is 5.32 Å². The third kappa shape index (κ3) is 2.13. The molecule has 0 aromatic carbocycles. The Morgan fingerprint density at radius 2 is 2.29 bits per heavy atom. The van der Waals surface area contributed by atoms with Crippen LogP contribution in [0.1, 0.15) is 20.8 Å². The molecule has 2 atom stereocenters. The zero-order valence-electron chi connectivity index (χ0n) is 8.66. The first kappa shape index (κ1) is 10.8. The minimum Gasteiger partial charge on any atom is -0.465 e. The second-order valence-electron chi connectivity index (χ2n) is 3.43. The van der Waals surface area contributed by atoms with Crippen LogP contribution in [0.15, 0.2) is 11.8 Å². The summed E-state index contributed by atoms with van der Waals surface area (Å²) in [5, 5.41) is 2.62. The SMILES string of the molecule is CCOC(=O)C1C(=O)NC(C)=CC1C. The standard InChI is InChI=1S/C10H15NO3/c1-4-14-10(13)8-6(2)5-7(3)11-9(8)12/h5-6,8H,4H2,1-3H3,(H,11,12). The molecule has 0 bridgehead atoms. The van der Waals surface area contributed by atoms with Crippen LogP contribution in [0.25, 0.3) is 0 Å². The molecule has 0 saturated heterocycles. The van der Waals surface area contributed by atoms with Crippen LogP contribution in [-0.4, -0.2) is 18.5 Å². The van der Waals surface area contributed by atoms with Gasteiger partial charge in [0, 0.05) is 5.70 Å². The summed E-state index contributed by atoms with van der Waals surface area (Å²) in [5.74, 6) is -1.50. The number of hydrogen-bond acceptors (Lipinski definition) is 3. The Morgan fingerprint density at radius 3 is 2.79 bits per heavy atom. The Bertz CT molecular complexity index is 283. The Hall–Kier alpha value is -1.32. The molecule has 78 valence electrons. The van der Waals surface area contributed by atoms with Gasteiger partial charge >= 0.3 is 5.97 Å². The van der Waals surface area contributed by atoms with Gasteiger partial charge in [0.15, 0.2) is 0 Å². The number of carbonyl (C=O) groups is 2. The summed E-state index contributed by atoms with van der Waals surface area (Å²) in [4.78, 5) is 22.9. The fraction of sp³-hybridized carbons (Fsp3) is 0.600. The van der Waals surface area contributed by atoms with Crippen molar-refractivity contribution in [2.24, 2.45) is 11.8 Å². The van der Waals surface area contributed by atoms with Crippen molar-refractivity contribution >= 4 is 11.9 Å². The summed E-state index contributed by atoms with van der Waals surface area (Å²) in [5.41, 5.74) is 0.794. The van der Waals surface area contributed by atoms with Crippen molar-refractivity contribution in [3.8, 4) is 0 Å². The molecule has 0 aromatic rings. The second kappa shape index (κ2) is 4.26. The number of hydrogen-bond donors (Lipinski definition) is 1. The maximum absolute atomic E-state index is 11.5. The Morgan fingerprint density at radius 1 is 1.64 bits per heavy atom. The Labute approximate surface area is 83.3 Å². The molecular weight excluding hydrogens is 182 g/mol. The van der Waals surface area contributed by atoms with E-state index >= 15 is 0 Å². The lowest BCUT2D eigenvalue weighted by molar-refractivity contribution is -0.153. The molecule has 0 radical (unpaired) electrons. The molecular formula is C10H15NO3. The van der Waals surface area contributed by atoms with Gasteiger partial charge in [-0.3, -0.25) is 9.59 Å². The van der Waals surface area contributed by atoms with Gasteiger partial charge in [-0.25, -0.2) is 0 Å². The van der Waals surface area contributed by atoms with E-state index in [0.29, 0.717) is 6.61 Å². The maximum Gasteiger partial charge on any atom is 0.319 e. The van der Waals surface area contributed by atoms with E-state index in [1.54, 1.807) is 13.8 Å². The second-order valence-corrected chi connectivity index (χ2v) is 3.43. The van der Waals surface area contributed by atoms with Crippen LogP contribution in [0.5, 0.6) is 0 Å². The van der Waals surface area contributed by atoms with Gasteiger partial charge in [0.2, 0.25) is 5.91 Å². The van der Waals surface area contributed by atoms with Gasteiger partial charge in [-0.15, -0.1) is 0 Å². The largest absolute Gasteiger partial charge is 0.465 e. The molecule has 14 heavy (non-hydrogen) atoms. The number of carbonyl (C=O) groups excluding carboxylic acids is 2. The Balaban J connectivity index is 2.78. The summed E-state index contributed by atoms with van der Waals surface area (Å²) < 4.78 is 4.83. The topological polar surface area (TPSA) is 55.4 Å². The molecule has 1 N–H and O–H groups in total. The highest BCUT2D eigenvalue weighted by Gasteiger charge is 2.35. The lowest BCUT2D eigenvalue weighted by Crippen LogP contribution is -2.42. The third-order valence-electron chi connectivity index (χ3n) is 2.18.